The highest BCUT2D eigenvalue weighted by atomic mass is 16.5. The number of fused-ring (bicyclic) bond motifs is 2. The van der Waals surface area contributed by atoms with Gasteiger partial charge in [0.25, 0.3) is 5.91 Å². The molecule has 4 aromatic carbocycles. The van der Waals surface area contributed by atoms with Crippen LogP contribution in [-0.4, -0.2) is 28.6 Å². The molecule has 188 valence electrons. The van der Waals surface area contributed by atoms with Crippen LogP contribution in [0.2, 0.25) is 0 Å². The number of nitrogens with one attached hydrogen (secondary N) is 1. The van der Waals surface area contributed by atoms with E-state index in [1.54, 1.807) is 0 Å². The molecular formula is C32H33N3O2. The van der Waals surface area contributed by atoms with E-state index in [0.717, 1.165) is 65.8 Å². The minimum absolute atomic E-state index is 0.00649. The van der Waals surface area contributed by atoms with Crippen LogP contribution in [-0.2, 0) is 13.0 Å². The van der Waals surface area contributed by atoms with Crippen LogP contribution in [0.3, 0.4) is 0 Å². The van der Waals surface area contributed by atoms with Gasteiger partial charge < -0.3 is 14.6 Å². The molecule has 5 nitrogen and oxygen atoms in total. The van der Waals surface area contributed by atoms with Crippen LogP contribution < -0.4 is 10.1 Å². The Hall–Kier alpha value is -4.12. The number of ether oxygens (including phenoxy) is 1. The number of imidazole rings is 1. The molecule has 5 aromatic rings. The number of unbranched alkanes of at least 4 members (excludes halogenated alkanes) is 2. The lowest BCUT2D eigenvalue weighted by atomic mass is 10.1. The van der Waals surface area contributed by atoms with Crippen LogP contribution in [0.4, 0.5) is 0 Å². The monoisotopic (exact) mass is 491 g/mol. The summed E-state index contributed by atoms with van der Waals surface area (Å²) in [7, 11) is 0. The first kappa shape index (κ1) is 24.6. The smallest absolute Gasteiger partial charge is 0.251 e. The number of amides is 1. The minimum atomic E-state index is -0.00649. The lowest BCUT2D eigenvalue weighted by Crippen LogP contribution is -2.24. The summed E-state index contributed by atoms with van der Waals surface area (Å²) in [5.41, 5.74) is 4.03. The normalized spacial score (nSPS) is 11.2. The Morgan fingerprint density at radius 2 is 1.65 bits per heavy atom. The lowest BCUT2D eigenvalue weighted by Gasteiger charge is -2.12. The molecular weight excluding hydrogens is 458 g/mol. The summed E-state index contributed by atoms with van der Waals surface area (Å²) in [5, 5.41) is 5.35. The Kier molecular flexibility index (Phi) is 7.80. The van der Waals surface area contributed by atoms with Gasteiger partial charge in [0.05, 0.1) is 17.6 Å². The maximum Gasteiger partial charge on any atom is 0.251 e. The second-order valence-corrected chi connectivity index (χ2v) is 9.43. The quantitative estimate of drug-likeness (QED) is 0.209. The Morgan fingerprint density at radius 3 is 2.54 bits per heavy atom. The zero-order valence-corrected chi connectivity index (χ0v) is 21.3. The minimum Gasteiger partial charge on any atom is -0.491 e. The van der Waals surface area contributed by atoms with Gasteiger partial charge in [-0.15, -0.1) is 0 Å². The topological polar surface area (TPSA) is 56.2 Å². The fourth-order valence-corrected chi connectivity index (χ4v) is 4.73. The number of para-hydroxylation sites is 2. The number of aromatic nitrogens is 2. The van der Waals surface area contributed by atoms with Crippen molar-refractivity contribution in [2.45, 2.75) is 39.2 Å². The summed E-state index contributed by atoms with van der Waals surface area (Å²) in [6.07, 6.45) is 3.90. The molecule has 0 aliphatic rings. The Morgan fingerprint density at radius 1 is 0.865 bits per heavy atom. The largest absolute Gasteiger partial charge is 0.491 e. The first-order valence-electron chi connectivity index (χ1n) is 13.1. The average Bonchev–Trinajstić information content (AvgIpc) is 3.28. The van der Waals surface area contributed by atoms with Crippen LogP contribution in [0.5, 0.6) is 5.75 Å². The number of benzene rings is 4. The highest BCUT2D eigenvalue weighted by molar-refractivity contribution is 5.94. The zero-order chi connectivity index (χ0) is 25.5. The maximum atomic E-state index is 12.3. The van der Waals surface area contributed by atoms with Crippen molar-refractivity contribution in [1.29, 1.82) is 0 Å². The summed E-state index contributed by atoms with van der Waals surface area (Å²) in [6.45, 7) is 4.02. The molecule has 0 radical (unpaired) electrons. The van der Waals surface area contributed by atoms with Crippen LogP contribution in [0.1, 0.15) is 41.0 Å². The average molecular weight is 492 g/mol. The van der Waals surface area contributed by atoms with Gasteiger partial charge in [0.1, 0.15) is 18.2 Å². The third-order valence-electron chi connectivity index (χ3n) is 6.73. The predicted octanol–water partition coefficient (Wildman–Crippen LogP) is 6.72. The maximum absolute atomic E-state index is 12.3. The molecule has 1 aromatic heterocycles. The molecule has 0 saturated carbocycles. The van der Waals surface area contributed by atoms with Crippen molar-refractivity contribution in [3.63, 3.8) is 0 Å². The van der Waals surface area contributed by atoms with Crippen LogP contribution in [0, 0.1) is 6.92 Å². The van der Waals surface area contributed by atoms with E-state index in [-0.39, 0.29) is 5.91 Å². The van der Waals surface area contributed by atoms with Crippen molar-refractivity contribution in [3.8, 4) is 5.75 Å². The zero-order valence-electron chi connectivity index (χ0n) is 21.3. The van der Waals surface area contributed by atoms with Gasteiger partial charge in [0.15, 0.2) is 0 Å². The number of hydrogen-bond acceptors (Lipinski definition) is 3. The Balaban J connectivity index is 1.15. The summed E-state index contributed by atoms with van der Waals surface area (Å²) in [4.78, 5) is 17.2. The van der Waals surface area contributed by atoms with Crippen LogP contribution >= 0.6 is 0 Å². The molecule has 1 heterocycles. The number of nitrogens with zero attached hydrogens (tertiary/aromatic N) is 2. The molecule has 0 saturated heterocycles. The van der Waals surface area contributed by atoms with Gasteiger partial charge in [0, 0.05) is 23.9 Å². The first-order valence-corrected chi connectivity index (χ1v) is 13.1. The Bertz CT molecular complexity index is 1480. The Labute approximate surface area is 218 Å². The molecule has 1 N–H and O–H groups in total. The number of aryl methyl sites for hydroxylation is 2. The molecule has 0 atom stereocenters. The summed E-state index contributed by atoms with van der Waals surface area (Å²) < 4.78 is 8.52. The van der Waals surface area contributed by atoms with Gasteiger partial charge >= 0.3 is 0 Å². The predicted molar refractivity (Wildman–Crippen MR) is 150 cm³/mol. The number of carbonyl (C=O) groups excluding carboxylic acids is 1. The highest BCUT2D eigenvalue weighted by Crippen LogP contribution is 2.25. The SMILES string of the molecule is Cc1ccc(C(=O)NCCCCCc2nc3ccccc3n2CCOc2cccc3ccccc23)cc1. The molecule has 0 aliphatic heterocycles. The summed E-state index contributed by atoms with van der Waals surface area (Å²) >= 11 is 0. The molecule has 0 spiro atoms. The van der Waals surface area contributed by atoms with Crippen molar-refractivity contribution in [3.05, 3.63) is 108 Å². The summed E-state index contributed by atoms with van der Waals surface area (Å²) in [6, 6.07) is 30.5. The third-order valence-corrected chi connectivity index (χ3v) is 6.73. The van der Waals surface area contributed by atoms with E-state index >= 15 is 0 Å². The highest BCUT2D eigenvalue weighted by Gasteiger charge is 2.11. The van der Waals surface area contributed by atoms with E-state index in [9.17, 15) is 4.79 Å². The fraction of sp³-hybridized carbons (Fsp3) is 0.250. The van der Waals surface area contributed by atoms with Gasteiger partial charge in [-0.1, -0.05) is 72.6 Å². The molecule has 5 rings (SSSR count). The molecule has 37 heavy (non-hydrogen) atoms. The molecule has 0 fully saturated rings. The van der Waals surface area contributed by atoms with Gasteiger partial charge in [0.2, 0.25) is 0 Å². The lowest BCUT2D eigenvalue weighted by molar-refractivity contribution is 0.0953. The van der Waals surface area contributed by atoms with E-state index in [4.69, 9.17) is 9.72 Å². The van der Waals surface area contributed by atoms with E-state index in [2.05, 4.69) is 46.3 Å². The van der Waals surface area contributed by atoms with E-state index < -0.39 is 0 Å². The molecule has 1 amide bonds. The number of rotatable bonds is 11. The molecule has 0 bridgehead atoms. The number of carbonyl (C=O) groups is 1. The van der Waals surface area contributed by atoms with Crippen molar-refractivity contribution in [2.75, 3.05) is 13.2 Å². The van der Waals surface area contributed by atoms with Gasteiger partial charge in [-0.2, -0.15) is 0 Å². The van der Waals surface area contributed by atoms with Crippen LogP contribution in [0.25, 0.3) is 21.8 Å². The van der Waals surface area contributed by atoms with E-state index in [0.29, 0.717) is 18.7 Å². The molecule has 0 unspecified atom stereocenters. The standard InChI is InChI=1S/C32H33N3O2/c1-24-17-19-26(20-18-24)32(36)33-21-8-2-3-16-31-34-28-13-6-7-14-29(28)35(31)22-23-37-30-15-9-11-25-10-4-5-12-27(25)30/h4-7,9-15,17-20H,2-3,8,16,21-23H2,1H3,(H,33,36). The fourth-order valence-electron chi connectivity index (χ4n) is 4.73. The first-order chi connectivity index (χ1) is 18.2. The van der Waals surface area contributed by atoms with Crippen LogP contribution in [0.15, 0.2) is 91.0 Å². The molecule has 5 heteroatoms. The van der Waals surface area contributed by atoms with Gasteiger partial charge in [-0.05, 0) is 55.5 Å². The third kappa shape index (κ3) is 6.00. The summed E-state index contributed by atoms with van der Waals surface area (Å²) in [5.74, 6) is 2.00. The van der Waals surface area contributed by atoms with Gasteiger partial charge in [-0.3, -0.25) is 4.79 Å². The second kappa shape index (κ2) is 11.7. The van der Waals surface area contributed by atoms with E-state index in [1.807, 2.05) is 61.5 Å². The van der Waals surface area contributed by atoms with Gasteiger partial charge in [-0.25, -0.2) is 4.98 Å². The van der Waals surface area contributed by atoms with Crippen molar-refractivity contribution >= 4 is 27.7 Å². The number of hydrogen-bond donors (Lipinski definition) is 1. The van der Waals surface area contributed by atoms with E-state index in [1.165, 1.54) is 5.39 Å². The van der Waals surface area contributed by atoms with Crippen molar-refractivity contribution in [2.24, 2.45) is 0 Å². The second-order valence-electron chi connectivity index (χ2n) is 9.43. The van der Waals surface area contributed by atoms with Crippen molar-refractivity contribution in [1.82, 2.24) is 14.9 Å². The van der Waals surface area contributed by atoms with Crippen molar-refractivity contribution < 1.29 is 9.53 Å². The molecule has 0 aliphatic carbocycles.